The zero-order valence-electron chi connectivity index (χ0n) is 9.38. The fourth-order valence-electron chi connectivity index (χ4n) is 1.40. The highest BCUT2D eigenvalue weighted by Crippen LogP contribution is 2.18. The maximum absolute atomic E-state index is 12.2. The minimum absolute atomic E-state index is 0.209. The zero-order chi connectivity index (χ0) is 12.6. The van der Waals surface area contributed by atoms with Gasteiger partial charge in [0.05, 0.1) is 22.3 Å². The first-order chi connectivity index (χ1) is 7.91. The predicted molar refractivity (Wildman–Crippen MR) is 65.7 cm³/mol. The van der Waals surface area contributed by atoms with Crippen molar-refractivity contribution < 1.29 is 8.42 Å². The maximum Gasteiger partial charge on any atom is 0.282 e. The number of benzene rings is 1. The molecule has 0 fully saturated rings. The second-order valence-electron chi connectivity index (χ2n) is 3.78. The minimum atomic E-state index is -3.64. The van der Waals surface area contributed by atoms with Crippen molar-refractivity contribution in [1.82, 2.24) is 9.19 Å². The van der Waals surface area contributed by atoms with Gasteiger partial charge in [-0.3, -0.25) is 0 Å². The monoisotopic (exact) mass is 270 g/mol. The van der Waals surface area contributed by atoms with Crippen molar-refractivity contribution >= 4 is 21.6 Å². The molecule has 0 aliphatic heterocycles. The van der Waals surface area contributed by atoms with E-state index in [4.69, 9.17) is 11.6 Å². The number of hydrogen-bond acceptors (Lipinski definition) is 3. The van der Waals surface area contributed by atoms with Gasteiger partial charge in [-0.05, 0) is 37.1 Å². The summed E-state index contributed by atoms with van der Waals surface area (Å²) < 4.78 is 25.2. The van der Waals surface area contributed by atoms with Crippen molar-refractivity contribution in [3.05, 3.63) is 46.7 Å². The number of hydrogen-bond donors (Lipinski definition) is 0. The molecule has 90 valence electrons. The molecule has 2 rings (SSSR count). The lowest BCUT2D eigenvalue weighted by atomic mass is 10.1. The van der Waals surface area contributed by atoms with Crippen LogP contribution in [0.25, 0.3) is 0 Å². The molecule has 0 saturated heterocycles. The molecular formula is C11H11ClN2O2S. The van der Waals surface area contributed by atoms with Crippen molar-refractivity contribution in [3.8, 4) is 0 Å². The Morgan fingerprint density at radius 1 is 1.24 bits per heavy atom. The molecule has 0 atom stereocenters. The third-order valence-corrected chi connectivity index (χ3v) is 4.29. The molecule has 17 heavy (non-hydrogen) atoms. The van der Waals surface area contributed by atoms with E-state index in [1.165, 1.54) is 12.4 Å². The van der Waals surface area contributed by atoms with Gasteiger partial charge in [0.25, 0.3) is 10.0 Å². The van der Waals surface area contributed by atoms with Crippen LogP contribution in [-0.2, 0) is 10.0 Å². The molecule has 0 radical (unpaired) electrons. The Labute approximate surface area is 105 Å². The SMILES string of the molecule is Cc1ccc(S(=O)(=O)n2cc(Cl)cn2)cc1C. The van der Waals surface area contributed by atoms with Crippen LogP contribution in [0.3, 0.4) is 0 Å². The van der Waals surface area contributed by atoms with Gasteiger partial charge in [0.2, 0.25) is 0 Å². The highest BCUT2D eigenvalue weighted by Gasteiger charge is 2.18. The summed E-state index contributed by atoms with van der Waals surface area (Å²) in [5.74, 6) is 0. The Hall–Kier alpha value is -1.33. The summed E-state index contributed by atoms with van der Waals surface area (Å²) >= 11 is 5.66. The molecule has 1 aromatic heterocycles. The molecule has 6 heteroatoms. The van der Waals surface area contributed by atoms with Gasteiger partial charge in [0.1, 0.15) is 0 Å². The van der Waals surface area contributed by atoms with Crippen LogP contribution in [-0.4, -0.2) is 17.6 Å². The van der Waals surface area contributed by atoms with E-state index in [0.29, 0.717) is 0 Å². The van der Waals surface area contributed by atoms with Crippen LogP contribution in [0.5, 0.6) is 0 Å². The molecule has 0 N–H and O–H groups in total. The molecule has 4 nitrogen and oxygen atoms in total. The third-order valence-electron chi connectivity index (χ3n) is 2.55. The standard InChI is InChI=1S/C11H11ClN2O2S/c1-8-3-4-11(5-9(8)2)17(15,16)14-7-10(12)6-13-14/h3-7H,1-2H3. The number of halogens is 1. The van der Waals surface area contributed by atoms with Gasteiger partial charge >= 0.3 is 0 Å². The molecular weight excluding hydrogens is 260 g/mol. The second-order valence-corrected chi connectivity index (χ2v) is 6.01. The summed E-state index contributed by atoms with van der Waals surface area (Å²) in [5, 5.41) is 4.00. The first-order valence-electron chi connectivity index (χ1n) is 4.94. The molecule has 0 aliphatic carbocycles. The smallest absolute Gasteiger partial charge is 0.199 e. The van der Waals surface area contributed by atoms with Gasteiger partial charge in [0.15, 0.2) is 0 Å². The van der Waals surface area contributed by atoms with E-state index in [9.17, 15) is 8.42 Å². The lowest BCUT2D eigenvalue weighted by Gasteiger charge is -2.06. The number of aryl methyl sites for hydroxylation is 2. The summed E-state index contributed by atoms with van der Waals surface area (Å²) in [7, 11) is -3.64. The summed E-state index contributed by atoms with van der Waals surface area (Å²) in [6, 6.07) is 4.96. The van der Waals surface area contributed by atoms with Crippen LogP contribution in [0.4, 0.5) is 0 Å². The molecule has 0 amide bonds. The van der Waals surface area contributed by atoms with Crippen molar-refractivity contribution in [2.24, 2.45) is 0 Å². The van der Waals surface area contributed by atoms with E-state index in [1.807, 2.05) is 13.8 Å². The summed E-state index contributed by atoms with van der Waals surface area (Å²) in [6.45, 7) is 3.79. The van der Waals surface area contributed by atoms with E-state index < -0.39 is 10.0 Å². The summed E-state index contributed by atoms with van der Waals surface area (Å²) in [6.07, 6.45) is 2.56. The highest BCUT2D eigenvalue weighted by molar-refractivity contribution is 7.89. The summed E-state index contributed by atoms with van der Waals surface area (Å²) in [4.78, 5) is 0.209. The maximum atomic E-state index is 12.2. The number of nitrogens with zero attached hydrogens (tertiary/aromatic N) is 2. The van der Waals surface area contributed by atoms with Crippen LogP contribution >= 0.6 is 11.6 Å². The van der Waals surface area contributed by atoms with Gasteiger partial charge < -0.3 is 0 Å². The van der Waals surface area contributed by atoms with E-state index >= 15 is 0 Å². The first kappa shape index (κ1) is 12.1. The average Bonchev–Trinajstić information content (AvgIpc) is 2.69. The van der Waals surface area contributed by atoms with Crippen molar-refractivity contribution in [1.29, 1.82) is 0 Å². The minimum Gasteiger partial charge on any atom is -0.199 e. The molecule has 0 aliphatic rings. The van der Waals surface area contributed by atoms with Crippen LogP contribution in [0.15, 0.2) is 35.5 Å². The topological polar surface area (TPSA) is 52.0 Å². The van der Waals surface area contributed by atoms with E-state index in [-0.39, 0.29) is 9.92 Å². The van der Waals surface area contributed by atoms with Crippen LogP contribution in [0, 0.1) is 13.8 Å². The Morgan fingerprint density at radius 2 is 1.94 bits per heavy atom. The normalized spacial score (nSPS) is 11.7. The molecule has 1 aromatic carbocycles. The average molecular weight is 271 g/mol. The van der Waals surface area contributed by atoms with Gasteiger partial charge in [-0.1, -0.05) is 17.7 Å². The Kier molecular flexibility index (Phi) is 2.97. The van der Waals surface area contributed by atoms with Crippen molar-refractivity contribution in [3.63, 3.8) is 0 Å². The van der Waals surface area contributed by atoms with Gasteiger partial charge in [0, 0.05) is 0 Å². The lowest BCUT2D eigenvalue weighted by Crippen LogP contribution is -2.13. The molecule has 0 saturated carbocycles. The quantitative estimate of drug-likeness (QED) is 0.842. The van der Waals surface area contributed by atoms with Gasteiger partial charge in [-0.15, -0.1) is 0 Å². The van der Waals surface area contributed by atoms with Crippen molar-refractivity contribution in [2.75, 3.05) is 0 Å². The van der Waals surface area contributed by atoms with Crippen molar-refractivity contribution in [2.45, 2.75) is 18.7 Å². The molecule has 0 unspecified atom stereocenters. The van der Waals surface area contributed by atoms with E-state index in [0.717, 1.165) is 15.2 Å². The number of rotatable bonds is 2. The van der Waals surface area contributed by atoms with Crippen LogP contribution in [0.1, 0.15) is 11.1 Å². The molecule has 0 bridgehead atoms. The van der Waals surface area contributed by atoms with Gasteiger partial charge in [-0.2, -0.15) is 17.6 Å². The third kappa shape index (κ3) is 2.21. The Balaban J connectivity index is 2.56. The Bertz CT molecular complexity index is 662. The van der Waals surface area contributed by atoms with Crippen LogP contribution < -0.4 is 0 Å². The zero-order valence-corrected chi connectivity index (χ0v) is 11.0. The second kappa shape index (κ2) is 4.16. The van der Waals surface area contributed by atoms with Crippen LogP contribution in [0.2, 0.25) is 5.02 Å². The van der Waals surface area contributed by atoms with E-state index in [2.05, 4.69) is 5.10 Å². The first-order valence-corrected chi connectivity index (χ1v) is 6.76. The predicted octanol–water partition coefficient (Wildman–Crippen LogP) is 2.39. The largest absolute Gasteiger partial charge is 0.282 e. The molecule has 1 heterocycles. The molecule has 2 aromatic rings. The molecule has 0 spiro atoms. The lowest BCUT2D eigenvalue weighted by molar-refractivity contribution is 0.580. The van der Waals surface area contributed by atoms with Gasteiger partial charge in [-0.25, -0.2) is 0 Å². The van der Waals surface area contributed by atoms with E-state index in [1.54, 1.807) is 18.2 Å². The Morgan fingerprint density at radius 3 is 2.47 bits per heavy atom. The number of aromatic nitrogens is 2. The highest BCUT2D eigenvalue weighted by atomic mass is 35.5. The fourth-order valence-corrected chi connectivity index (χ4v) is 2.80. The summed E-state index contributed by atoms with van der Waals surface area (Å²) in [5.41, 5.74) is 1.96. The fraction of sp³-hybridized carbons (Fsp3) is 0.182.